The minimum absolute atomic E-state index is 0.111. The third-order valence-corrected chi connectivity index (χ3v) is 4.30. The topological polar surface area (TPSA) is 99.6 Å². The van der Waals surface area contributed by atoms with Crippen LogP contribution in [-0.4, -0.2) is 29.8 Å². The van der Waals surface area contributed by atoms with Crippen LogP contribution in [0.4, 0.5) is 0 Å². The Bertz CT molecular complexity index is 920. The average Bonchev–Trinajstić information content (AvgIpc) is 3.42. The number of carbonyl (C=O) groups is 1. The Balaban J connectivity index is 1.53. The molecule has 29 heavy (non-hydrogen) atoms. The van der Waals surface area contributed by atoms with Gasteiger partial charge in [0.25, 0.3) is 0 Å². The lowest BCUT2D eigenvalue weighted by atomic mass is 10.1. The van der Waals surface area contributed by atoms with Gasteiger partial charge in [0, 0.05) is 12.8 Å². The van der Waals surface area contributed by atoms with Crippen LogP contribution in [-0.2, 0) is 11.2 Å². The van der Waals surface area contributed by atoms with Crippen LogP contribution in [0.5, 0.6) is 11.5 Å². The highest BCUT2D eigenvalue weighted by Gasteiger charge is 2.15. The third kappa shape index (κ3) is 5.37. The summed E-state index contributed by atoms with van der Waals surface area (Å²) in [4.78, 5) is 16.6. The first-order valence-corrected chi connectivity index (χ1v) is 9.57. The molecule has 154 valence electrons. The van der Waals surface area contributed by atoms with Crippen molar-refractivity contribution in [2.24, 2.45) is 0 Å². The molecule has 1 N–H and O–H groups in total. The van der Waals surface area contributed by atoms with Gasteiger partial charge in [-0.05, 0) is 43.2 Å². The molecule has 0 radical (unpaired) electrons. The summed E-state index contributed by atoms with van der Waals surface area (Å²) in [6.45, 7) is 4.59. The molecule has 1 unspecified atom stereocenters. The largest absolute Gasteiger partial charge is 0.493 e. The third-order valence-electron chi connectivity index (χ3n) is 4.30. The number of rotatable bonds is 10. The molecule has 2 heterocycles. The molecule has 0 saturated carbocycles. The summed E-state index contributed by atoms with van der Waals surface area (Å²) in [6.07, 6.45) is 3.04. The second-order valence-electron chi connectivity index (χ2n) is 6.54. The summed E-state index contributed by atoms with van der Waals surface area (Å²) >= 11 is 0. The van der Waals surface area contributed by atoms with Crippen molar-refractivity contribution >= 4 is 5.91 Å². The highest BCUT2D eigenvalue weighted by molar-refractivity contribution is 5.76. The van der Waals surface area contributed by atoms with Gasteiger partial charge in [0.1, 0.15) is 0 Å². The number of aromatic nitrogens is 2. The first-order valence-electron chi connectivity index (χ1n) is 9.57. The van der Waals surface area contributed by atoms with Crippen LogP contribution in [0.1, 0.15) is 44.2 Å². The van der Waals surface area contributed by atoms with Crippen LogP contribution in [0, 0.1) is 0 Å². The van der Waals surface area contributed by atoms with Gasteiger partial charge in [0.05, 0.1) is 26.0 Å². The molecule has 1 aromatic carbocycles. The first kappa shape index (κ1) is 20.4. The fourth-order valence-corrected chi connectivity index (χ4v) is 2.76. The number of hydrogen-bond acceptors (Lipinski definition) is 7. The zero-order chi connectivity index (χ0) is 20.6. The molecule has 0 aliphatic rings. The molecule has 0 saturated heterocycles. The van der Waals surface area contributed by atoms with E-state index in [2.05, 4.69) is 15.5 Å². The van der Waals surface area contributed by atoms with E-state index in [1.807, 2.05) is 32.0 Å². The van der Waals surface area contributed by atoms with Crippen molar-refractivity contribution in [1.82, 2.24) is 15.5 Å². The Morgan fingerprint density at radius 1 is 1.28 bits per heavy atom. The van der Waals surface area contributed by atoms with E-state index in [4.69, 9.17) is 18.4 Å². The van der Waals surface area contributed by atoms with Gasteiger partial charge in [0.15, 0.2) is 17.3 Å². The van der Waals surface area contributed by atoms with E-state index in [9.17, 15) is 4.79 Å². The summed E-state index contributed by atoms with van der Waals surface area (Å²) in [5.41, 5.74) is 0.928. The van der Waals surface area contributed by atoms with Crippen molar-refractivity contribution < 1.29 is 23.2 Å². The van der Waals surface area contributed by atoms with Gasteiger partial charge < -0.3 is 23.7 Å². The molecule has 1 atom stereocenters. The number of benzene rings is 1. The van der Waals surface area contributed by atoms with Gasteiger partial charge in [-0.15, -0.1) is 0 Å². The van der Waals surface area contributed by atoms with Crippen LogP contribution in [0.25, 0.3) is 11.6 Å². The van der Waals surface area contributed by atoms with E-state index in [0.717, 1.165) is 12.0 Å². The summed E-state index contributed by atoms with van der Waals surface area (Å²) in [6, 6.07) is 8.97. The molecule has 0 aliphatic carbocycles. The van der Waals surface area contributed by atoms with Gasteiger partial charge in [-0.2, -0.15) is 4.98 Å². The molecule has 8 heteroatoms. The summed E-state index contributed by atoms with van der Waals surface area (Å²) in [5, 5.41) is 6.83. The van der Waals surface area contributed by atoms with Gasteiger partial charge in [-0.3, -0.25) is 4.79 Å². The second kappa shape index (κ2) is 9.77. The Labute approximate surface area is 169 Å². The molecular weight excluding hydrogens is 374 g/mol. The lowest BCUT2D eigenvalue weighted by molar-refractivity contribution is -0.121. The van der Waals surface area contributed by atoms with Gasteiger partial charge in [-0.25, -0.2) is 0 Å². The lowest BCUT2D eigenvalue weighted by Crippen LogP contribution is -2.26. The predicted octanol–water partition coefficient (Wildman–Crippen LogP) is 3.94. The molecule has 3 rings (SSSR count). The van der Waals surface area contributed by atoms with E-state index >= 15 is 0 Å². The van der Waals surface area contributed by atoms with Gasteiger partial charge >= 0.3 is 0 Å². The maximum atomic E-state index is 12.3. The summed E-state index contributed by atoms with van der Waals surface area (Å²) in [5.74, 6) is 2.52. The number of amides is 1. The average molecular weight is 399 g/mol. The number of nitrogens with zero attached hydrogens (tertiary/aromatic N) is 2. The zero-order valence-electron chi connectivity index (χ0n) is 16.8. The molecule has 1 amide bonds. The van der Waals surface area contributed by atoms with Crippen LogP contribution in [0.2, 0.25) is 0 Å². The normalized spacial score (nSPS) is 11.8. The minimum atomic E-state index is -0.182. The molecular formula is C21H25N3O5. The number of furan rings is 1. The fraction of sp³-hybridized carbons (Fsp3) is 0.381. The maximum absolute atomic E-state index is 12.3. The number of aryl methyl sites for hydroxylation is 1. The molecule has 3 aromatic rings. The summed E-state index contributed by atoms with van der Waals surface area (Å²) < 4.78 is 21.5. The smallest absolute Gasteiger partial charge is 0.238 e. The van der Waals surface area contributed by atoms with E-state index in [-0.39, 0.29) is 18.4 Å². The molecule has 2 aromatic heterocycles. The maximum Gasteiger partial charge on any atom is 0.238 e. The monoisotopic (exact) mass is 399 g/mol. The Morgan fingerprint density at radius 3 is 2.86 bits per heavy atom. The van der Waals surface area contributed by atoms with Crippen LogP contribution >= 0.6 is 0 Å². The lowest BCUT2D eigenvalue weighted by Gasteiger charge is -2.17. The second-order valence-corrected chi connectivity index (χ2v) is 6.54. The highest BCUT2D eigenvalue weighted by Crippen LogP contribution is 2.30. The Kier molecular flexibility index (Phi) is 6.89. The van der Waals surface area contributed by atoms with E-state index in [1.165, 1.54) is 6.26 Å². The van der Waals surface area contributed by atoms with Crippen LogP contribution < -0.4 is 14.8 Å². The number of hydrogen-bond donors (Lipinski definition) is 1. The number of nitrogens with one attached hydrogen (secondary N) is 1. The molecule has 0 fully saturated rings. The van der Waals surface area contributed by atoms with Crippen molar-refractivity contribution in [3.05, 3.63) is 48.0 Å². The Morgan fingerprint density at radius 2 is 2.14 bits per heavy atom. The van der Waals surface area contributed by atoms with Gasteiger partial charge in [0.2, 0.25) is 17.6 Å². The minimum Gasteiger partial charge on any atom is -0.493 e. The first-order chi connectivity index (χ1) is 14.1. The van der Waals surface area contributed by atoms with Crippen LogP contribution in [0.3, 0.4) is 0 Å². The van der Waals surface area contributed by atoms with Crippen molar-refractivity contribution in [1.29, 1.82) is 0 Å². The van der Waals surface area contributed by atoms with E-state index in [1.54, 1.807) is 19.2 Å². The molecule has 0 bridgehead atoms. The fourth-order valence-electron chi connectivity index (χ4n) is 2.76. The highest BCUT2D eigenvalue weighted by atomic mass is 16.5. The number of ether oxygens (including phenoxy) is 2. The van der Waals surface area contributed by atoms with Crippen LogP contribution in [0.15, 0.2) is 45.5 Å². The number of carbonyl (C=O) groups excluding carboxylic acids is 1. The van der Waals surface area contributed by atoms with Crippen molar-refractivity contribution in [2.75, 3.05) is 13.7 Å². The molecule has 0 aliphatic heterocycles. The quantitative estimate of drug-likeness (QED) is 0.551. The van der Waals surface area contributed by atoms with Crippen molar-refractivity contribution in [3.63, 3.8) is 0 Å². The molecule has 8 nitrogen and oxygen atoms in total. The molecule has 0 spiro atoms. The van der Waals surface area contributed by atoms with Crippen molar-refractivity contribution in [3.8, 4) is 23.1 Å². The van der Waals surface area contributed by atoms with E-state index < -0.39 is 0 Å². The van der Waals surface area contributed by atoms with E-state index in [0.29, 0.717) is 42.0 Å². The standard InChI is InChI=1S/C21H25N3O5/c1-4-11-27-16-8-7-15(13-18(16)26-3)14(2)22-19(25)9-10-20-23-21(24-29-20)17-6-5-12-28-17/h5-8,12-14H,4,9-11H2,1-3H3,(H,22,25). The Hall–Kier alpha value is -3.29. The predicted molar refractivity (Wildman–Crippen MR) is 106 cm³/mol. The SMILES string of the molecule is CCCOc1ccc(C(C)NC(=O)CCc2nc(-c3ccco3)no2)cc1OC. The number of methoxy groups -OCH3 is 1. The zero-order valence-corrected chi connectivity index (χ0v) is 16.8. The van der Waals surface area contributed by atoms with Gasteiger partial charge in [-0.1, -0.05) is 18.1 Å². The summed E-state index contributed by atoms with van der Waals surface area (Å²) in [7, 11) is 1.60. The van der Waals surface area contributed by atoms with Crippen molar-refractivity contribution in [2.45, 2.75) is 39.2 Å².